The maximum Gasteiger partial charge on any atom is 0.269 e. The first-order chi connectivity index (χ1) is 12.5. The van der Waals surface area contributed by atoms with Crippen LogP contribution in [0.5, 0.6) is 0 Å². The molecule has 1 fully saturated rings. The van der Waals surface area contributed by atoms with E-state index >= 15 is 0 Å². The first-order valence-corrected chi connectivity index (χ1v) is 8.00. The molecule has 2 aromatic carbocycles. The lowest BCUT2D eigenvalue weighted by Gasteiger charge is -2.13. The van der Waals surface area contributed by atoms with Crippen molar-refractivity contribution in [2.24, 2.45) is 0 Å². The van der Waals surface area contributed by atoms with Gasteiger partial charge in [0.15, 0.2) is 0 Å². The molecule has 1 saturated heterocycles. The summed E-state index contributed by atoms with van der Waals surface area (Å²) in [6.07, 6.45) is -2.03. The summed E-state index contributed by atoms with van der Waals surface area (Å²) in [7, 11) is 0. The molecule has 8 heteroatoms. The second-order valence-corrected chi connectivity index (χ2v) is 6.20. The van der Waals surface area contributed by atoms with E-state index in [1.54, 1.807) is 24.3 Å². The van der Waals surface area contributed by atoms with Crippen molar-refractivity contribution in [2.75, 3.05) is 6.54 Å². The first kappa shape index (κ1) is 16.4. The molecule has 0 radical (unpaired) electrons. The number of hydrogen-bond acceptors (Lipinski definition) is 6. The normalized spacial score (nSPS) is 22.3. The van der Waals surface area contributed by atoms with Gasteiger partial charge in [-0.15, -0.1) is 0 Å². The lowest BCUT2D eigenvalue weighted by atomic mass is 10.0. The van der Waals surface area contributed by atoms with Crippen LogP contribution >= 0.6 is 0 Å². The molecule has 8 nitrogen and oxygen atoms in total. The van der Waals surface area contributed by atoms with Gasteiger partial charge in [0.25, 0.3) is 17.5 Å². The number of nitro benzene ring substituents is 1. The predicted octanol–water partition coefficient (Wildman–Crippen LogP) is 1.69. The zero-order chi connectivity index (χ0) is 18.4. The van der Waals surface area contributed by atoms with Crippen molar-refractivity contribution < 1.29 is 24.4 Å². The number of hydrogen-bond donors (Lipinski definition) is 1. The molecule has 2 aliphatic rings. The van der Waals surface area contributed by atoms with Crippen molar-refractivity contribution in [3.63, 3.8) is 0 Å². The Morgan fingerprint density at radius 2 is 1.65 bits per heavy atom. The summed E-state index contributed by atoms with van der Waals surface area (Å²) in [6.45, 7) is 0.0566. The molecule has 2 aliphatic heterocycles. The van der Waals surface area contributed by atoms with Gasteiger partial charge in [-0.1, -0.05) is 12.1 Å². The number of epoxide rings is 1. The number of amides is 2. The van der Waals surface area contributed by atoms with Crippen LogP contribution in [0.3, 0.4) is 0 Å². The fraction of sp³-hybridized carbons (Fsp3) is 0.222. The quantitative estimate of drug-likeness (QED) is 0.378. The number of nitrogens with zero attached hydrogens (tertiary/aromatic N) is 2. The van der Waals surface area contributed by atoms with E-state index in [9.17, 15) is 24.8 Å². The van der Waals surface area contributed by atoms with Crippen LogP contribution < -0.4 is 0 Å². The monoisotopic (exact) mass is 354 g/mol. The third-order valence-electron chi connectivity index (χ3n) is 4.62. The number of carbonyl (C=O) groups excluding carboxylic acids is 2. The molecular formula is C18H14N2O6. The van der Waals surface area contributed by atoms with E-state index in [1.807, 2.05) is 0 Å². The molecule has 4 rings (SSSR count). The SMILES string of the molecule is O=C1c2ccccc2C(=O)N1C[C@@H]1O[C@H]1[C@@H](O)c1ccc([N+](=O)[O-])cc1. The Balaban J connectivity index is 1.42. The van der Waals surface area contributed by atoms with E-state index in [1.165, 1.54) is 24.3 Å². The number of imide groups is 1. The molecule has 0 aliphatic carbocycles. The van der Waals surface area contributed by atoms with E-state index in [0.717, 1.165) is 4.90 Å². The van der Waals surface area contributed by atoms with Crippen LogP contribution in [0.1, 0.15) is 32.4 Å². The molecule has 26 heavy (non-hydrogen) atoms. The van der Waals surface area contributed by atoms with Crippen LogP contribution in [0.4, 0.5) is 5.69 Å². The number of aliphatic hydroxyl groups excluding tert-OH is 1. The Morgan fingerprint density at radius 3 is 2.19 bits per heavy atom. The van der Waals surface area contributed by atoms with Gasteiger partial charge in [0.2, 0.25) is 0 Å². The standard InChI is InChI=1S/C18H14N2O6/c21-15(10-5-7-11(8-6-10)20(24)25)16-14(26-16)9-19-17(22)12-3-1-2-4-13(12)18(19)23/h1-8,14-16,21H,9H2/t14-,15-,16+/m0/s1. The summed E-state index contributed by atoms with van der Waals surface area (Å²) >= 11 is 0. The summed E-state index contributed by atoms with van der Waals surface area (Å²) in [5, 5.41) is 21.0. The van der Waals surface area contributed by atoms with Gasteiger partial charge in [-0.3, -0.25) is 24.6 Å². The smallest absolute Gasteiger partial charge is 0.269 e. The molecule has 2 amide bonds. The highest BCUT2D eigenvalue weighted by molar-refractivity contribution is 6.21. The van der Waals surface area contributed by atoms with Crippen LogP contribution in [-0.2, 0) is 4.74 Å². The summed E-state index contributed by atoms with van der Waals surface area (Å²) in [4.78, 5) is 36.0. The third-order valence-corrected chi connectivity index (χ3v) is 4.62. The fourth-order valence-electron chi connectivity index (χ4n) is 3.15. The van der Waals surface area contributed by atoms with Crippen LogP contribution in [0.25, 0.3) is 0 Å². The molecule has 1 N–H and O–H groups in total. The van der Waals surface area contributed by atoms with E-state index < -0.39 is 23.2 Å². The Kier molecular flexibility index (Phi) is 3.78. The number of nitro groups is 1. The topological polar surface area (TPSA) is 113 Å². The number of carbonyl (C=O) groups is 2. The molecule has 0 unspecified atom stereocenters. The first-order valence-electron chi connectivity index (χ1n) is 8.00. The van der Waals surface area contributed by atoms with Gasteiger partial charge in [0.1, 0.15) is 18.3 Å². The van der Waals surface area contributed by atoms with E-state index in [2.05, 4.69) is 0 Å². The number of non-ortho nitro benzene ring substituents is 1. The Bertz CT molecular complexity index is 875. The van der Waals surface area contributed by atoms with E-state index in [-0.39, 0.29) is 24.0 Å². The van der Waals surface area contributed by atoms with Gasteiger partial charge in [0, 0.05) is 12.1 Å². The number of rotatable bonds is 5. The Hall–Kier alpha value is -3.10. The summed E-state index contributed by atoms with van der Waals surface area (Å²) in [5.41, 5.74) is 1.14. The minimum absolute atomic E-state index is 0.0566. The number of fused-ring (bicyclic) bond motifs is 1. The highest BCUT2D eigenvalue weighted by Gasteiger charge is 2.49. The van der Waals surface area contributed by atoms with Crippen molar-refractivity contribution in [1.29, 1.82) is 0 Å². The molecule has 2 aromatic rings. The van der Waals surface area contributed by atoms with Gasteiger partial charge in [-0.2, -0.15) is 0 Å². The highest BCUT2D eigenvalue weighted by Crippen LogP contribution is 2.36. The van der Waals surface area contributed by atoms with Crippen LogP contribution in [0.2, 0.25) is 0 Å². The van der Waals surface area contributed by atoms with Gasteiger partial charge >= 0.3 is 0 Å². The van der Waals surface area contributed by atoms with Crippen molar-refractivity contribution >= 4 is 17.5 Å². The molecule has 132 valence electrons. The summed E-state index contributed by atoms with van der Waals surface area (Å²) < 4.78 is 5.44. The maximum atomic E-state index is 12.3. The van der Waals surface area contributed by atoms with Gasteiger partial charge in [0.05, 0.1) is 22.6 Å². The summed E-state index contributed by atoms with van der Waals surface area (Å²) in [6, 6.07) is 12.1. The molecule has 2 heterocycles. The van der Waals surface area contributed by atoms with Crippen molar-refractivity contribution in [1.82, 2.24) is 4.90 Å². The second kappa shape index (κ2) is 6.01. The molecule has 0 bridgehead atoms. The van der Waals surface area contributed by atoms with Gasteiger partial charge in [-0.05, 0) is 29.8 Å². The van der Waals surface area contributed by atoms with E-state index in [4.69, 9.17) is 4.74 Å². The lowest BCUT2D eigenvalue weighted by molar-refractivity contribution is -0.384. The molecule has 0 spiro atoms. The predicted molar refractivity (Wildman–Crippen MR) is 88.5 cm³/mol. The number of ether oxygens (including phenoxy) is 1. The zero-order valence-electron chi connectivity index (χ0n) is 13.4. The largest absolute Gasteiger partial charge is 0.386 e. The number of benzene rings is 2. The van der Waals surface area contributed by atoms with Crippen molar-refractivity contribution in [3.05, 3.63) is 75.3 Å². The average Bonchev–Trinajstić information content (AvgIpc) is 3.39. The Morgan fingerprint density at radius 1 is 1.08 bits per heavy atom. The fourth-order valence-corrected chi connectivity index (χ4v) is 3.15. The summed E-state index contributed by atoms with van der Waals surface area (Å²) in [5.74, 6) is -0.741. The Labute approximate surface area is 147 Å². The highest BCUT2D eigenvalue weighted by atomic mass is 16.6. The van der Waals surface area contributed by atoms with Crippen LogP contribution in [0.15, 0.2) is 48.5 Å². The van der Waals surface area contributed by atoms with Crippen molar-refractivity contribution in [2.45, 2.75) is 18.3 Å². The second-order valence-electron chi connectivity index (χ2n) is 6.20. The van der Waals surface area contributed by atoms with Crippen LogP contribution in [-0.4, -0.2) is 45.5 Å². The van der Waals surface area contributed by atoms with E-state index in [0.29, 0.717) is 16.7 Å². The number of aliphatic hydroxyl groups is 1. The van der Waals surface area contributed by atoms with Gasteiger partial charge < -0.3 is 9.84 Å². The third kappa shape index (κ3) is 2.65. The average molecular weight is 354 g/mol. The molecule has 0 aromatic heterocycles. The molecular weight excluding hydrogens is 340 g/mol. The minimum Gasteiger partial charge on any atom is -0.386 e. The maximum absolute atomic E-state index is 12.3. The van der Waals surface area contributed by atoms with Gasteiger partial charge in [-0.25, -0.2) is 0 Å². The van der Waals surface area contributed by atoms with Crippen molar-refractivity contribution in [3.8, 4) is 0 Å². The lowest BCUT2D eigenvalue weighted by Crippen LogP contribution is -2.34. The minimum atomic E-state index is -0.990. The molecule has 0 saturated carbocycles. The molecule has 3 atom stereocenters. The van der Waals surface area contributed by atoms with Crippen LogP contribution in [0, 0.1) is 10.1 Å². The zero-order valence-corrected chi connectivity index (χ0v) is 13.4.